The second-order valence-corrected chi connectivity index (χ2v) is 8.99. The van der Waals surface area contributed by atoms with Crippen molar-refractivity contribution >= 4 is 39.2 Å². The summed E-state index contributed by atoms with van der Waals surface area (Å²) in [5, 5.41) is 0.583. The van der Waals surface area contributed by atoms with Gasteiger partial charge in [-0.25, -0.2) is 0 Å². The number of ether oxygens (including phenoxy) is 1. The Kier molecular flexibility index (Phi) is 5.23. The number of nitrogens with zero attached hydrogens (tertiary/aromatic N) is 1. The smallest absolute Gasteiger partial charge is 0.226 e. The van der Waals surface area contributed by atoms with Crippen LogP contribution in [0.25, 0.3) is 0 Å². The summed E-state index contributed by atoms with van der Waals surface area (Å²) in [5.74, 6) is 0.799. The molecule has 0 bridgehead atoms. The van der Waals surface area contributed by atoms with Crippen LogP contribution in [0.5, 0.6) is 5.75 Å². The second-order valence-electron chi connectivity index (χ2n) is 7.67. The van der Waals surface area contributed by atoms with E-state index in [2.05, 4.69) is 15.9 Å². The first-order chi connectivity index (χ1) is 13.3. The number of benzene rings is 2. The summed E-state index contributed by atoms with van der Waals surface area (Å²) < 4.78 is 7.30. The number of ketones is 1. The largest absolute Gasteiger partial charge is 0.486 e. The number of carbonyl (C=O) groups is 2. The van der Waals surface area contributed by atoms with Gasteiger partial charge in [-0.15, -0.1) is 0 Å². The topological polar surface area (TPSA) is 46.6 Å². The lowest BCUT2D eigenvalue weighted by atomic mass is 9.82. The molecule has 0 radical (unpaired) electrons. The molecular formula is C22H21BrClNO3. The van der Waals surface area contributed by atoms with Crippen molar-refractivity contribution in [1.82, 2.24) is 4.90 Å². The van der Waals surface area contributed by atoms with E-state index in [1.807, 2.05) is 42.2 Å². The Morgan fingerprint density at radius 3 is 2.57 bits per heavy atom. The molecule has 0 saturated carbocycles. The maximum absolute atomic E-state index is 12.7. The summed E-state index contributed by atoms with van der Waals surface area (Å²) >= 11 is 9.57. The van der Waals surface area contributed by atoms with E-state index in [1.165, 1.54) is 0 Å². The summed E-state index contributed by atoms with van der Waals surface area (Å²) in [6.07, 6.45) is 2.05. The highest BCUT2D eigenvalue weighted by atomic mass is 79.9. The van der Waals surface area contributed by atoms with Gasteiger partial charge in [0.1, 0.15) is 11.4 Å². The fraction of sp³-hybridized carbons (Fsp3) is 0.364. The van der Waals surface area contributed by atoms with Gasteiger partial charge in [0.05, 0.1) is 18.4 Å². The molecule has 6 heteroatoms. The van der Waals surface area contributed by atoms with Crippen LogP contribution < -0.4 is 4.74 Å². The van der Waals surface area contributed by atoms with Gasteiger partial charge in [0, 0.05) is 35.4 Å². The molecule has 1 fully saturated rings. The monoisotopic (exact) mass is 461 g/mol. The van der Waals surface area contributed by atoms with Crippen LogP contribution in [0.1, 0.15) is 40.7 Å². The molecule has 1 saturated heterocycles. The molecule has 4 rings (SSSR count). The van der Waals surface area contributed by atoms with Gasteiger partial charge in [0.15, 0.2) is 5.78 Å². The van der Waals surface area contributed by atoms with Crippen molar-refractivity contribution in [2.24, 2.45) is 0 Å². The van der Waals surface area contributed by atoms with Crippen LogP contribution in [-0.4, -0.2) is 35.3 Å². The first-order valence-corrected chi connectivity index (χ1v) is 10.6. The van der Waals surface area contributed by atoms with Gasteiger partial charge >= 0.3 is 0 Å². The normalized spacial score (nSPS) is 18.0. The lowest BCUT2D eigenvalue weighted by molar-refractivity contribution is -0.134. The Balaban J connectivity index is 1.43. The highest BCUT2D eigenvalue weighted by molar-refractivity contribution is 9.10. The third-order valence-corrected chi connectivity index (χ3v) is 6.60. The number of rotatable bonds is 2. The molecule has 2 heterocycles. The molecule has 0 unspecified atom stereocenters. The minimum atomic E-state index is -0.515. The molecule has 2 aromatic rings. The molecule has 2 aliphatic heterocycles. The highest BCUT2D eigenvalue weighted by Gasteiger charge is 2.43. The molecule has 28 heavy (non-hydrogen) atoms. The number of hydrogen-bond donors (Lipinski definition) is 0. The summed E-state index contributed by atoms with van der Waals surface area (Å²) in [5.41, 5.74) is 1.94. The molecule has 1 amide bonds. The lowest BCUT2D eigenvalue weighted by Crippen LogP contribution is -2.52. The van der Waals surface area contributed by atoms with E-state index < -0.39 is 5.60 Å². The standard InChI is InChI=1S/C22H21BrClNO3/c1-14-10-20-17(12-18(14)24)19(26)13-22(28-20)6-8-25(9-7-22)21(27)11-15-2-4-16(23)5-3-15/h2-5,10,12H,6-9,11,13H2,1H3. The first kappa shape index (κ1) is 19.5. The van der Waals surface area contributed by atoms with Crippen LogP contribution in [0.15, 0.2) is 40.9 Å². The zero-order chi connectivity index (χ0) is 19.9. The van der Waals surface area contributed by atoms with Crippen molar-refractivity contribution in [3.63, 3.8) is 0 Å². The van der Waals surface area contributed by atoms with Crippen LogP contribution >= 0.6 is 27.5 Å². The van der Waals surface area contributed by atoms with Crippen LogP contribution in [0, 0.1) is 6.92 Å². The number of piperidine rings is 1. The van der Waals surface area contributed by atoms with Gasteiger partial charge in [-0.2, -0.15) is 0 Å². The quantitative estimate of drug-likeness (QED) is 0.632. The zero-order valence-electron chi connectivity index (χ0n) is 15.6. The Hall–Kier alpha value is -1.85. The average Bonchev–Trinajstić information content (AvgIpc) is 2.66. The summed E-state index contributed by atoms with van der Waals surface area (Å²) in [6.45, 7) is 3.11. The maximum Gasteiger partial charge on any atom is 0.226 e. The Bertz CT molecular complexity index is 934. The van der Waals surface area contributed by atoms with Gasteiger partial charge < -0.3 is 9.64 Å². The van der Waals surface area contributed by atoms with Crippen LogP contribution in [-0.2, 0) is 11.2 Å². The summed E-state index contributed by atoms with van der Waals surface area (Å²) in [7, 11) is 0. The van der Waals surface area contributed by atoms with E-state index in [9.17, 15) is 9.59 Å². The second kappa shape index (κ2) is 7.53. The van der Waals surface area contributed by atoms with Gasteiger partial charge in [0.25, 0.3) is 0 Å². The molecule has 0 aromatic heterocycles. The number of Topliss-reactive ketones (excluding diaryl/α,β-unsaturated/α-hetero) is 1. The van der Waals surface area contributed by atoms with Crippen molar-refractivity contribution in [3.05, 3.63) is 62.6 Å². The van der Waals surface area contributed by atoms with E-state index >= 15 is 0 Å². The lowest BCUT2D eigenvalue weighted by Gasteiger charge is -2.44. The van der Waals surface area contributed by atoms with Crippen LogP contribution in [0.4, 0.5) is 0 Å². The molecule has 1 spiro atoms. The van der Waals surface area contributed by atoms with Crippen molar-refractivity contribution in [2.75, 3.05) is 13.1 Å². The predicted molar refractivity (Wildman–Crippen MR) is 112 cm³/mol. The number of carbonyl (C=O) groups excluding carboxylic acids is 2. The highest BCUT2D eigenvalue weighted by Crippen LogP contribution is 2.41. The molecule has 146 valence electrons. The molecule has 0 atom stereocenters. The number of halogens is 2. The molecule has 4 nitrogen and oxygen atoms in total. The Morgan fingerprint density at radius 2 is 1.89 bits per heavy atom. The van der Waals surface area contributed by atoms with Crippen molar-refractivity contribution in [2.45, 2.75) is 38.2 Å². The van der Waals surface area contributed by atoms with E-state index in [0.717, 1.165) is 15.6 Å². The van der Waals surface area contributed by atoms with Crippen LogP contribution in [0.2, 0.25) is 5.02 Å². The first-order valence-electron chi connectivity index (χ1n) is 9.40. The number of likely N-dealkylation sites (tertiary alicyclic amines) is 1. The number of amides is 1. The van der Waals surface area contributed by atoms with Crippen molar-refractivity contribution < 1.29 is 14.3 Å². The fourth-order valence-electron chi connectivity index (χ4n) is 3.95. The van der Waals surface area contributed by atoms with Gasteiger partial charge in [-0.3, -0.25) is 9.59 Å². The minimum Gasteiger partial charge on any atom is -0.486 e. The van der Waals surface area contributed by atoms with E-state index in [-0.39, 0.29) is 11.7 Å². The van der Waals surface area contributed by atoms with Gasteiger partial charge in [-0.1, -0.05) is 39.7 Å². The minimum absolute atomic E-state index is 0.0674. The molecular weight excluding hydrogens is 442 g/mol. The van der Waals surface area contributed by atoms with Gasteiger partial charge in [0.2, 0.25) is 5.91 Å². The SMILES string of the molecule is Cc1cc2c(cc1Cl)C(=O)CC1(CCN(C(=O)Cc3ccc(Br)cc3)CC1)O2. The number of hydrogen-bond acceptors (Lipinski definition) is 3. The van der Waals surface area contributed by atoms with Crippen molar-refractivity contribution in [1.29, 1.82) is 0 Å². The molecule has 0 N–H and O–H groups in total. The fourth-order valence-corrected chi connectivity index (χ4v) is 4.37. The molecule has 2 aromatic carbocycles. The average molecular weight is 463 g/mol. The number of aryl methyl sites for hydroxylation is 1. The van der Waals surface area contributed by atoms with E-state index in [4.69, 9.17) is 16.3 Å². The summed E-state index contributed by atoms with van der Waals surface area (Å²) in [4.78, 5) is 27.2. The third kappa shape index (κ3) is 3.83. The summed E-state index contributed by atoms with van der Waals surface area (Å²) in [6, 6.07) is 11.4. The maximum atomic E-state index is 12.7. The Morgan fingerprint density at radius 1 is 1.21 bits per heavy atom. The Labute approximate surface area is 177 Å². The van der Waals surface area contributed by atoms with Gasteiger partial charge in [-0.05, 0) is 42.3 Å². The van der Waals surface area contributed by atoms with E-state index in [0.29, 0.717) is 55.1 Å². The predicted octanol–water partition coefficient (Wildman–Crippen LogP) is 4.98. The third-order valence-electron chi connectivity index (χ3n) is 5.67. The number of fused-ring (bicyclic) bond motifs is 1. The molecule has 2 aliphatic rings. The zero-order valence-corrected chi connectivity index (χ0v) is 18.0. The van der Waals surface area contributed by atoms with Crippen molar-refractivity contribution in [3.8, 4) is 5.75 Å². The molecule has 0 aliphatic carbocycles. The van der Waals surface area contributed by atoms with Crippen LogP contribution in [0.3, 0.4) is 0 Å². The van der Waals surface area contributed by atoms with E-state index in [1.54, 1.807) is 6.07 Å².